The Morgan fingerprint density at radius 3 is 2.53 bits per heavy atom. The van der Waals surface area contributed by atoms with Crippen LogP contribution in [-0.4, -0.2) is 21.5 Å². The van der Waals surface area contributed by atoms with Crippen molar-refractivity contribution in [2.24, 2.45) is 0 Å². The predicted octanol–water partition coefficient (Wildman–Crippen LogP) is 2.46. The Morgan fingerprint density at radius 2 is 2.00 bits per heavy atom. The molecule has 4 nitrogen and oxygen atoms in total. The van der Waals surface area contributed by atoms with Gasteiger partial charge in [0.2, 0.25) is 0 Å². The Morgan fingerprint density at radius 1 is 1.47 bits per heavy atom. The van der Waals surface area contributed by atoms with Gasteiger partial charge in [0.15, 0.2) is 0 Å². The topological polar surface area (TPSA) is 66.0 Å². The summed E-state index contributed by atoms with van der Waals surface area (Å²) >= 11 is 0. The third-order valence-corrected chi connectivity index (χ3v) is 1.33. The van der Waals surface area contributed by atoms with E-state index in [2.05, 4.69) is 16.5 Å². The number of para-hydroxylation sites is 2. The summed E-state index contributed by atoms with van der Waals surface area (Å²) in [5.41, 5.74) is 2.12. The number of imidazole rings is 1. The molecular formula is C11H14N2O2. The largest absolute Gasteiger partial charge is 0.483 e. The van der Waals surface area contributed by atoms with Gasteiger partial charge in [-0.1, -0.05) is 18.2 Å². The number of allylic oxidation sites excluding steroid dienone is 1. The first-order valence-electron chi connectivity index (χ1n) is 4.33. The number of nitrogens with zero attached hydrogens (tertiary/aromatic N) is 1. The van der Waals surface area contributed by atoms with E-state index in [0.29, 0.717) is 0 Å². The lowest BCUT2D eigenvalue weighted by Gasteiger charge is -1.81. The number of nitrogens with one attached hydrogen (secondary N) is 1. The van der Waals surface area contributed by atoms with Crippen molar-refractivity contribution >= 4 is 17.5 Å². The molecule has 2 aromatic rings. The maximum atomic E-state index is 8.36. The van der Waals surface area contributed by atoms with E-state index in [-0.39, 0.29) is 6.47 Å². The van der Waals surface area contributed by atoms with Gasteiger partial charge in [0, 0.05) is 0 Å². The van der Waals surface area contributed by atoms with Crippen molar-refractivity contribution in [2.45, 2.75) is 6.92 Å². The van der Waals surface area contributed by atoms with Crippen LogP contribution >= 0.6 is 0 Å². The minimum Gasteiger partial charge on any atom is -0.483 e. The van der Waals surface area contributed by atoms with Gasteiger partial charge in [-0.3, -0.25) is 4.79 Å². The predicted molar refractivity (Wildman–Crippen MR) is 60.7 cm³/mol. The molecule has 0 spiro atoms. The molecule has 0 atom stereocenters. The van der Waals surface area contributed by atoms with E-state index >= 15 is 0 Å². The minimum absolute atomic E-state index is 0.250. The number of benzene rings is 1. The third-order valence-electron chi connectivity index (χ3n) is 1.33. The van der Waals surface area contributed by atoms with Crippen molar-refractivity contribution < 1.29 is 9.90 Å². The summed E-state index contributed by atoms with van der Waals surface area (Å²) in [6.45, 7) is 5.00. The summed E-state index contributed by atoms with van der Waals surface area (Å²) in [5.74, 6) is 0. The molecule has 2 rings (SSSR count). The molecule has 0 radical (unpaired) electrons. The summed E-state index contributed by atoms with van der Waals surface area (Å²) in [7, 11) is 0. The van der Waals surface area contributed by atoms with Crippen LogP contribution in [0.1, 0.15) is 6.92 Å². The quantitative estimate of drug-likeness (QED) is 0.514. The third kappa shape index (κ3) is 5.25. The van der Waals surface area contributed by atoms with Crippen molar-refractivity contribution in [2.75, 3.05) is 0 Å². The van der Waals surface area contributed by atoms with Crippen molar-refractivity contribution in [3.63, 3.8) is 0 Å². The van der Waals surface area contributed by atoms with Crippen molar-refractivity contribution in [1.29, 1.82) is 0 Å². The molecule has 0 fully saturated rings. The van der Waals surface area contributed by atoms with E-state index < -0.39 is 0 Å². The van der Waals surface area contributed by atoms with Gasteiger partial charge in [-0.05, 0) is 19.1 Å². The highest BCUT2D eigenvalue weighted by atomic mass is 16.3. The summed E-state index contributed by atoms with van der Waals surface area (Å²) in [6, 6.07) is 7.94. The fourth-order valence-electron chi connectivity index (χ4n) is 0.880. The number of rotatable bonds is 0. The van der Waals surface area contributed by atoms with Crippen LogP contribution in [0, 0.1) is 0 Å². The lowest BCUT2D eigenvalue weighted by atomic mass is 10.3. The monoisotopic (exact) mass is 206 g/mol. The molecule has 1 heterocycles. The number of carbonyl (C=O) groups is 1. The zero-order chi connectivity index (χ0) is 11.5. The normalized spacial score (nSPS) is 7.80. The second-order valence-corrected chi connectivity index (χ2v) is 2.43. The van der Waals surface area contributed by atoms with Gasteiger partial charge in [-0.25, -0.2) is 4.98 Å². The highest BCUT2D eigenvalue weighted by Gasteiger charge is 1.88. The highest BCUT2D eigenvalue weighted by Crippen LogP contribution is 2.05. The number of hydrogen-bond donors (Lipinski definition) is 2. The van der Waals surface area contributed by atoms with Crippen LogP contribution in [-0.2, 0) is 4.79 Å². The second-order valence-electron chi connectivity index (χ2n) is 2.43. The van der Waals surface area contributed by atoms with Crippen LogP contribution in [0.25, 0.3) is 11.0 Å². The van der Waals surface area contributed by atoms with Gasteiger partial charge in [0.1, 0.15) is 0 Å². The molecule has 2 N–H and O–H groups in total. The number of H-pyrrole nitrogens is 1. The number of hydrogen-bond acceptors (Lipinski definition) is 2. The summed E-state index contributed by atoms with van der Waals surface area (Å²) < 4.78 is 0. The van der Waals surface area contributed by atoms with Gasteiger partial charge >= 0.3 is 0 Å². The lowest BCUT2D eigenvalue weighted by Crippen LogP contribution is -1.63. The van der Waals surface area contributed by atoms with Crippen molar-refractivity contribution in [1.82, 2.24) is 9.97 Å². The van der Waals surface area contributed by atoms with E-state index in [1.807, 2.05) is 31.2 Å². The lowest BCUT2D eigenvalue weighted by molar-refractivity contribution is -0.122. The molecule has 0 unspecified atom stereocenters. The number of carboxylic acid groups (broad SMARTS) is 1. The zero-order valence-corrected chi connectivity index (χ0v) is 8.55. The molecule has 0 aliphatic rings. The molecule has 1 aromatic carbocycles. The van der Waals surface area contributed by atoms with Crippen LogP contribution < -0.4 is 0 Å². The first kappa shape index (κ1) is 12.9. The Balaban J connectivity index is 0.000000280. The smallest absolute Gasteiger partial charge is 0.290 e. The highest BCUT2D eigenvalue weighted by molar-refractivity contribution is 5.73. The van der Waals surface area contributed by atoms with Gasteiger partial charge < -0.3 is 10.1 Å². The van der Waals surface area contributed by atoms with E-state index in [0.717, 1.165) is 11.0 Å². The molecule has 80 valence electrons. The summed E-state index contributed by atoms with van der Waals surface area (Å²) in [5, 5.41) is 6.89. The Bertz CT molecular complexity index is 360. The molecule has 0 aliphatic carbocycles. The van der Waals surface area contributed by atoms with Gasteiger partial charge in [0.25, 0.3) is 6.47 Å². The zero-order valence-electron chi connectivity index (χ0n) is 8.55. The van der Waals surface area contributed by atoms with Gasteiger partial charge in [-0.2, -0.15) is 0 Å². The van der Waals surface area contributed by atoms with Crippen LogP contribution in [0.2, 0.25) is 0 Å². The average molecular weight is 206 g/mol. The van der Waals surface area contributed by atoms with Crippen LogP contribution in [0.5, 0.6) is 0 Å². The second kappa shape index (κ2) is 8.50. The molecule has 0 bridgehead atoms. The van der Waals surface area contributed by atoms with E-state index in [1.54, 1.807) is 12.4 Å². The molecule has 0 amide bonds. The summed E-state index contributed by atoms with van der Waals surface area (Å²) in [4.78, 5) is 15.4. The van der Waals surface area contributed by atoms with E-state index in [1.165, 1.54) is 0 Å². The molecule has 1 aromatic heterocycles. The molecule has 15 heavy (non-hydrogen) atoms. The SMILES string of the molecule is C=CC.O=CO.c1ccc2[nH]cnc2c1. The molecule has 4 heteroatoms. The van der Waals surface area contributed by atoms with E-state index in [9.17, 15) is 0 Å². The minimum atomic E-state index is -0.250. The Labute approximate surface area is 88.3 Å². The average Bonchev–Trinajstić information content (AvgIpc) is 2.67. The van der Waals surface area contributed by atoms with Crippen molar-refractivity contribution in [3.8, 4) is 0 Å². The molecule has 0 aliphatic heterocycles. The number of aromatic nitrogens is 2. The summed E-state index contributed by atoms with van der Waals surface area (Å²) in [6.07, 6.45) is 3.45. The Hall–Kier alpha value is -2.10. The molecular weight excluding hydrogens is 192 g/mol. The first-order chi connectivity index (χ1) is 7.29. The van der Waals surface area contributed by atoms with Crippen molar-refractivity contribution in [3.05, 3.63) is 43.2 Å². The maximum absolute atomic E-state index is 8.36. The van der Waals surface area contributed by atoms with Crippen LogP contribution in [0.3, 0.4) is 0 Å². The number of fused-ring (bicyclic) bond motifs is 1. The Kier molecular flexibility index (Phi) is 7.31. The van der Waals surface area contributed by atoms with Crippen LogP contribution in [0.15, 0.2) is 43.2 Å². The molecule has 0 saturated carbocycles. The van der Waals surface area contributed by atoms with E-state index in [4.69, 9.17) is 9.90 Å². The van der Waals surface area contributed by atoms with Gasteiger partial charge in [0.05, 0.1) is 17.4 Å². The first-order valence-corrected chi connectivity index (χ1v) is 4.33. The maximum Gasteiger partial charge on any atom is 0.290 e. The van der Waals surface area contributed by atoms with Gasteiger partial charge in [-0.15, -0.1) is 6.58 Å². The molecule has 0 saturated heterocycles. The number of aromatic amines is 1. The fourth-order valence-corrected chi connectivity index (χ4v) is 0.880. The van der Waals surface area contributed by atoms with Crippen LogP contribution in [0.4, 0.5) is 0 Å². The standard InChI is InChI=1S/C7H6N2.C3H6.CH2O2/c1-2-4-7-6(3-1)8-5-9-7;1-3-2;2-1-3/h1-5H,(H,8,9);3H,1H2,2H3;1H,(H,2,3). The fraction of sp³-hybridized carbons (Fsp3) is 0.0909.